The van der Waals surface area contributed by atoms with Gasteiger partial charge in [0.25, 0.3) is 6.01 Å². The summed E-state index contributed by atoms with van der Waals surface area (Å²) < 4.78 is 5.65. The second-order valence-electron chi connectivity index (χ2n) is 3.75. The monoisotopic (exact) mass is 242 g/mol. The van der Waals surface area contributed by atoms with Crippen LogP contribution in [0.25, 0.3) is 11.0 Å². The van der Waals surface area contributed by atoms with Crippen LogP contribution in [0.15, 0.2) is 48.3 Å². The Kier molecular flexibility index (Phi) is 2.49. The van der Waals surface area contributed by atoms with Crippen LogP contribution in [0.5, 0.6) is 6.01 Å². The Morgan fingerprint density at radius 3 is 3.00 bits per heavy atom. The molecular formula is C13H10N2OS. The molecule has 0 aliphatic heterocycles. The average molecular weight is 242 g/mol. The van der Waals surface area contributed by atoms with Crippen LogP contribution < -0.4 is 4.74 Å². The van der Waals surface area contributed by atoms with Crippen LogP contribution in [-0.2, 0) is 0 Å². The number of hydrogen-bond acceptors (Lipinski definition) is 3. The second-order valence-corrected chi connectivity index (χ2v) is 4.24. The van der Waals surface area contributed by atoms with Crippen molar-refractivity contribution < 1.29 is 4.74 Å². The van der Waals surface area contributed by atoms with Gasteiger partial charge in [0.2, 0.25) is 0 Å². The summed E-state index contributed by atoms with van der Waals surface area (Å²) in [6, 6.07) is 8.28. The van der Waals surface area contributed by atoms with E-state index >= 15 is 0 Å². The molecule has 0 bridgehead atoms. The number of H-pyrrole nitrogens is 1. The van der Waals surface area contributed by atoms with Gasteiger partial charge < -0.3 is 9.72 Å². The first-order valence-corrected chi connectivity index (χ1v) is 5.76. The number of benzene rings is 1. The first-order valence-electron chi connectivity index (χ1n) is 5.35. The third-order valence-corrected chi connectivity index (χ3v) is 2.90. The molecular weight excluding hydrogens is 232 g/mol. The molecule has 17 heavy (non-hydrogen) atoms. The van der Waals surface area contributed by atoms with E-state index in [0.29, 0.717) is 11.8 Å². The van der Waals surface area contributed by atoms with Gasteiger partial charge in [-0.2, -0.15) is 4.98 Å². The Morgan fingerprint density at radius 1 is 1.29 bits per heavy atom. The Hall–Kier alpha value is -1.94. The van der Waals surface area contributed by atoms with Gasteiger partial charge in [-0.3, -0.25) is 0 Å². The van der Waals surface area contributed by atoms with E-state index in [1.165, 1.54) is 0 Å². The van der Waals surface area contributed by atoms with Crippen LogP contribution in [0, 0.1) is 0 Å². The van der Waals surface area contributed by atoms with E-state index in [1.807, 2.05) is 42.5 Å². The molecule has 84 valence electrons. The van der Waals surface area contributed by atoms with E-state index in [4.69, 9.17) is 17.0 Å². The molecule has 1 aromatic heterocycles. The molecule has 1 aromatic carbocycles. The predicted octanol–water partition coefficient (Wildman–Crippen LogP) is 3.16. The third kappa shape index (κ3) is 1.99. The summed E-state index contributed by atoms with van der Waals surface area (Å²) in [5.74, 6) is 0.696. The van der Waals surface area contributed by atoms with Crippen molar-refractivity contribution in [3.63, 3.8) is 0 Å². The molecule has 1 aliphatic rings. The SMILES string of the molecule is S=C1CC=CC=C1Oc1nc2ccccc2[nH]1. The highest BCUT2D eigenvalue weighted by atomic mass is 32.1. The van der Waals surface area contributed by atoms with Gasteiger partial charge in [0, 0.05) is 6.42 Å². The summed E-state index contributed by atoms with van der Waals surface area (Å²) in [7, 11) is 0. The zero-order chi connectivity index (χ0) is 11.7. The maximum Gasteiger partial charge on any atom is 0.300 e. The van der Waals surface area contributed by atoms with Gasteiger partial charge in [-0.05, 0) is 18.2 Å². The molecule has 4 heteroatoms. The molecule has 0 fully saturated rings. The lowest BCUT2D eigenvalue weighted by atomic mass is 10.2. The molecule has 1 aliphatic carbocycles. The van der Waals surface area contributed by atoms with Gasteiger partial charge in [-0.25, -0.2) is 0 Å². The minimum absolute atomic E-state index is 0.482. The molecule has 1 heterocycles. The Balaban J connectivity index is 1.92. The van der Waals surface area contributed by atoms with Crippen molar-refractivity contribution in [1.82, 2.24) is 9.97 Å². The van der Waals surface area contributed by atoms with Gasteiger partial charge in [-0.15, -0.1) is 0 Å². The largest absolute Gasteiger partial charge is 0.424 e. The molecule has 3 nitrogen and oxygen atoms in total. The van der Waals surface area contributed by atoms with Crippen molar-refractivity contribution in [2.24, 2.45) is 0 Å². The number of rotatable bonds is 2. The highest BCUT2D eigenvalue weighted by molar-refractivity contribution is 7.80. The molecule has 0 radical (unpaired) electrons. The van der Waals surface area contributed by atoms with Crippen LogP contribution in [-0.4, -0.2) is 14.8 Å². The number of aromatic nitrogens is 2. The lowest BCUT2D eigenvalue weighted by Gasteiger charge is -2.09. The van der Waals surface area contributed by atoms with Gasteiger partial charge in [-0.1, -0.05) is 36.5 Å². The number of nitrogens with zero attached hydrogens (tertiary/aromatic N) is 1. The highest BCUT2D eigenvalue weighted by Crippen LogP contribution is 2.19. The zero-order valence-corrected chi connectivity index (χ0v) is 9.83. The van der Waals surface area contributed by atoms with E-state index in [0.717, 1.165) is 22.3 Å². The minimum atomic E-state index is 0.482. The van der Waals surface area contributed by atoms with Gasteiger partial charge >= 0.3 is 0 Å². The summed E-state index contributed by atoms with van der Waals surface area (Å²) in [5.41, 5.74) is 1.85. The molecule has 0 unspecified atom stereocenters. The van der Waals surface area contributed by atoms with Crippen molar-refractivity contribution in [2.45, 2.75) is 6.42 Å². The molecule has 2 aromatic rings. The predicted molar refractivity (Wildman–Crippen MR) is 71.2 cm³/mol. The number of hydrogen-bond donors (Lipinski definition) is 1. The number of thiocarbonyl (C=S) groups is 1. The van der Waals surface area contributed by atoms with Crippen LogP contribution in [0.2, 0.25) is 0 Å². The maximum absolute atomic E-state index is 5.65. The number of para-hydroxylation sites is 2. The third-order valence-electron chi connectivity index (χ3n) is 2.54. The van der Waals surface area contributed by atoms with Gasteiger partial charge in [0.1, 0.15) is 5.76 Å². The smallest absolute Gasteiger partial charge is 0.300 e. The van der Waals surface area contributed by atoms with Crippen LogP contribution in [0.1, 0.15) is 6.42 Å². The van der Waals surface area contributed by atoms with E-state index in [2.05, 4.69) is 9.97 Å². The first-order chi connectivity index (χ1) is 8.33. The van der Waals surface area contributed by atoms with Gasteiger partial charge in [0.05, 0.1) is 15.9 Å². The Bertz CT molecular complexity index is 607. The van der Waals surface area contributed by atoms with Crippen molar-refractivity contribution in [3.8, 4) is 6.01 Å². The Morgan fingerprint density at radius 2 is 2.18 bits per heavy atom. The van der Waals surface area contributed by atoms with Gasteiger partial charge in [0.15, 0.2) is 0 Å². The molecule has 0 saturated carbocycles. The van der Waals surface area contributed by atoms with Crippen LogP contribution >= 0.6 is 12.2 Å². The normalized spacial score (nSPS) is 15.1. The maximum atomic E-state index is 5.65. The molecule has 0 spiro atoms. The zero-order valence-electron chi connectivity index (χ0n) is 9.01. The quantitative estimate of drug-likeness (QED) is 0.822. The molecule has 3 rings (SSSR count). The summed E-state index contributed by atoms with van der Waals surface area (Å²) in [4.78, 5) is 8.24. The lowest BCUT2D eigenvalue weighted by Crippen LogP contribution is -2.08. The number of imidazole rings is 1. The number of fused-ring (bicyclic) bond motifs is 1. The van der Waals surface area contributed by atoms with E-state index in [9.17, 15) is 0 Å². The number of nitrogens with one attached hydrogen (secondary N) is 1. The first kappa shape index (κ1) is 10.2. The van der Waals surface area contributed by atoms with Crippen LogP contribution in [0.4, 0.5) is 0 Å². The minimum Gasteiger partial charge on any atom is -0.424 e. The summed E-state index contributed by atoms with van der Waals surface area (Å²) in [5, 5.41) is 0. The summed E-state index contributed by atoms with van der Waals surface area (Å²) in [6.07, 6.45) is 6.56. The van der Waals surface area contributed by atoms with Crippen molar-refractivity contribution in [3.05, 3.63) is 48.3 Å². The van der Waals surface area contributed by atoms with E-state index in [1.54, 1.807) is 0 Å². The fourth-order valence-corrected chi connectivity index (χ4v) is 1.90. The van der Waals surface area contributed by atoms with E-state index < -0.39 is 0 Å². The summed E-state index contributed by atoms with van der Waals surface area (Å²) in [6.45, 7) is 0. The molecule has 0 amide bonds. The second kappa shape index (κ2) is 4.14. The number of aromatic amines is 1. The Labute approximate surface area is 104 Å². The highest BCUT2D eigenvalue weighted by Gasteiger charge is 2.11. The van der Waals surface area contributed by atoms with Crippen molar-refractivity contribution in [1.29, 1.82) is 0 Å². The molecule has 1 N–H and O–H groups in total. The van der Waals surface area contributed by atoms with Crippen LogP contribution in [0.3, 0.4) is 0 Å². The molecule has 0 saturated heterocycles. The standard InChI is InChI=1S/C13H10N2OS/c17-12-8-4-3-7-11(12)16-13-14-9-5-1-2-6-10(9)15-13/h1-7H,8H2,(H,14,15). The lowest BCUT2D eigenvalue weighted by molar-refractivity contribution is 0.423. The van der Waals surface area contributed by atoms with Crippen molar-refractivity contribution in [2.75, 3.05) is 0 Å². The molecule has 0 atom stereocenters. The number of allylic oxidation sites excluding steroid dienone is 4. The summed E-state index contributed by atoms with van der Waals surface area (Å²) >= 11 is 5.22. The fraction of sp³-hybridized carbons (Fsp3) is 0.0769. The fourth-order valence-electron chi connectivity index (χ4n) is 1.70. The average Bonchev–Trinajstić information content (AvgIpc) is 2.74. The van der Waals surface area contributed by atoms with Crippen molar-refractivity contribution >= 4 is 28.1 Å². The topological polar surface area (TPSA) is 37.9 Å². The van der Waals surface area contributed by atoms with E-state index in [-0.39, 0.29) is 0 Å². The number of ether oxygens (including phenoxy) is 1.